The molecule has 4 fully saturated rings. The summed E-state index contributed by atoms with van der Waals surface area (Å²) < 4.78 is 0. The lowest BCUT2D eigenvalue weighted by molar-refractivity contribution is -0.214. The molecule has 0 amide bonds. The summed E-state index contributed by atoms with van der Waals surface area (Å²) in [6.45, 7) is 6.59. The highest BCUT2D eigenvalue weighted by molar-refractivity contribution is 5.85. The zero-order chi connectivity index (χ0) is 23.5. The van der Waals surface area contributed by atoms with Gasteiger partial charge in [0.25, 0.3) is 0 Å². The average molecular weight is 449 g/mol. The first-order chi connectivity index (χ1) is 15.0. The van der Waals surface area contributed by atoms with Gasteiger partial charge in [-0.1, -0.05) is 20.8 Å². The van der Waals surface area contributed by atoms with Crippen LogP contribution in [-0.4, -0.2) is 46.1 Å². The van der Waals surface area contributed by atoms with Gasteiger partial charge in [-0.2, -0.15) is 0 Å². The van der Waals surface area contributed by atoms with E-state index in [1.807, 2.05) is 0 Å². The molecule has 0 spiro atoms. The topological polar surface area (TPSA) is 112 Å². The van der Waals surface area contributed by atoms with Gasteiger partial charge in [0.1, 0.15) is 12.6 Å². The van der Waals surface area contributed by atoms with Gasteiger partial charge in [-0.15, -0.1) is 0 Å². The lowest BCUT2D eigenvalue weighted by atomic mass is 9.38. The molecule has 32 heavy (non-hydrogen) atoms. The molecule has 4 saturated carbocycles. The zero-order valence-electron chi connectivity index (χ0n) is 19.7. The fourth-order valence-electron chi connectivity index (χ4n) is 9.42. The molecule has 0 bridgehead atoms. The maximum atomic E-state index is 12.4. The molecule has 10 atom stereocenters. The Morgan fingerprint density at radius 3 is 2.38 bits per heavy atom. The van der Waals surface area contributed by atoms with Gasteiger partial charge in [0.2, 0.25) is 0 Å². The SMILES string of the molecule is C[C@H](CCC(=O)O)[C@H]1CC[C@H]2[C@@H]3[C@H](O)CC4C[C@H](O)CC(C=O)(C=O)[C@]4(C)[C@H]3CC[C@]12C. The molecule has 180 valence electrons. The Balaban J connectivity index is 1.67. The van der Waals surface area contributed by atoms with E-state index in [1.54, 1.807) is 0 Å². The summed E-state index contributed by atoms with van der Waals surface area (Å²) in [5.41, 5.74) is -1.70. The van der Waals surface area contributed by atoms with Crippen LogP contribution < -0.4 is 0 Å². The van der Waals surface area contributed by atoms with Crippen LogP contribution in [0, 0.1) is 51.8 Å². The standard InChI is InChI=1S/C26H40O6/c1-15(4-7-22(31)32)18-5-6-19-23-20(8-9-24(18,19)2)25(3)16(11-21(23)30)10-17(29)12-26(25,13-27)14-28/h13-21,23,29-30H,4-12H2,1-3H3,(H,31,32)/t15-,16?,17+,18-,19+,20+,21-,23+,24-,25+/m1/s1. The summed E-state index contributed by atoms with van der Waals surface area (Å²) in [5.74, 6) is 0.381. The third-order valence-corrected chi connectivity index (χ3v) is 11.0. The van der Waals surface area contributed by atoms with Crippen molar-refractivity contribution in [2.45, 2.75) is 90.8 Å². The van der Waals surface area contributed by atoms with Crippen LogP contribution in [0.5, 0.6) is 0 Å². The van der Waals surface area contributed by atoms with Crippen LogP contribution >= 0.6 is 0 Å². The van der Waals surface area contributed by atoms with Crippen LogP contribution in [-0.2, 0) is 14.4 Å². The second-order valence-corrected chi connectivity index (χ2v) is 12.1. The fraction of sp³-hybridized carbons (Fsp3) is 0.885. The molecule has 3 N–H and O–H groups in total. The highest BCUT2D eigenvalue weighted by atomic mass is 16.4. The number of carboxylic acids is 1. The van der Waals surface area contributed by atoms with Crippen molar-refractivity contribution in [3.8, 4) is 0 Å². The predicted molar refractivity (Wildman–Crippen MR) is 119 cm³/mol. The van der Waals surface area contributed by atoms with Gasteiger partial charge in [0, 0.05) is 6.42 Å². The van der Waals surface area contributed by atoms with Crippen LogP contribution in [0.15, 0.2) is 0 Å². The Labute approximate surface area is 191 Å². The van der Waals surface area contributed by atoms with E-state index < -0.39 is 29.0 Å². The summed E-state index contributed by atoms with van der Waals surface area (Å²) in [6, 6.07) is 0. The number of hydrogen-bond acceptors (Lipinski definition) is 5. The normalized spacial score (nSPS) is 48.1. The summed E-state index contributed by atoms with van der Waals surface area (Å²) in [7, 11) is 0. The Bertz CT molecular complexity index is 757. The summed E-state index contributed by atoms with van der Waals surface area (Å²) in [6.07, 6.45) is 6.43. The lowest BCUT2D eigenvalue weighted by Crippen LogP contribution is -2.65. The smallest absolute Gasteiger partial charge is 0.303 e. The van der Waals surface area contributed by atoms with Gasteiger partial charge in [0.15, 0.2) is 0 Å². The summed E-state index contributed by atoms with van der Waals surface area (Å²) >= 11 is 0. The molecule has 0 heterocycles. The number of aliphatic hydroxyl groups is 2. The molecule has 0 radical (unpaired) electrons. The summed E-state index contributed by atoms with van der Waals surface area (Å²) in [5, 5.41) is 31.0. The van der Waals surface area contributed by atoms with E-state index in [0.29, 0.717) is 37.0 Å². The third-order valence-electron chi connectivity index (χ3n) is 11.0. The number of aliphatic carboxylic acids is 1. The fourth-order valence-corrected chi connectivity index (χ4v) is 9.42. The second kappa shape index (κ2) is 8.19. The molecule has 4 rings (SSSR count). The van der Waals surface area contributed by atoms with Gasteiger partial charge in [-0.3, -0.25) is 4.79 Å². The van der Waals surface area contributed by atoms with Crippen molar-refractivity contribution in [2.24, 2.45) is 51.8 Å². The van der Waals surface area contributed by atoms with Crippen LogP contribution in [0.4, 0.5) is 0 Å². The molecule has 0 aromatic carbocycles. The van der Waals surface area contributed by atoms with Crippen molar-refractivity contribution >= 4 is 18.5 Å². The van der Waals surface area contributed by atoms with Gasteiger partial charge in [-0.25, -0.2) is 0 Å². The zero-order valence-corrected chi connectivity index (χ0v) is 19.7. The van der Waals surface area contributed by atoms with E-state index in [9.17, 15) is 24.6 Å². The molecule has 6 nitrogen and oxygen atoms in total. The number of aldehydes is 2. The van der Waals surface area contributed by atoms with E-state index in [-0.39, 0.29) is 36.0 Å². The number of carbonyl (C=O) groups excluding carboxylic acids is 2. The minimum atomic E-state index is -1.20. The van der Waals surface area contributed by atoms with E-state index >= 15 is 0 Å². The molecular formula is C26H40O6. The quantitative estimate of drug-likeness (QED) is 0.424. The monoisotopic (exact) mass is 448 g/mol. The maximum Gasteiger partial charge on any atom is 0.303 e. The molecule has 1 unspecified atom stereocenters. The second-order valence-electron chi connectivity index (χ2n) is 12.1. The molecule has 4 aliphatic carbocycles. The van der Waals surface area contributed by atoms with Crippen molar-refractivity contribution in [3.05, 3.63) is 0 Å². The molecule has 0 saturated heterocycles. The lowest BCUT2D eigenvalue weighted by Gasteiger charge is -2.66. The van der Waals surface area contributed by atoms with Gasteiger partial charge < -0.3 is 24.9 Å². The van der Waals surface area contributed by atoms with E-state index in [2.05, 4.69) is 20.8 Å². The molecular weight excluding hydrogens is 408 g/mol. The van der Waals surface area contributed by atoms with Gasteiger partial charge in [0.05, 0.1) is 17.6 Å². The Kier molecular flexibility index (Phi) is 6.11. The van der Waals surface area contributed by atoms with Crippen LogP contribution in [0.2, 0.25) is 0 Å². The van der Waals surface area contributed by atoms with E-state index in [1.165, 1.54) is 0 Å². The first kappa shape index (κ1) is 23.9. The molecule has 0 aromatic heterocycles. The Morgan fingerprint density at radius 2 is 1.75 bits per heavy atom. The molecule has 4 aliphatic rings. The highest BCUT2D eigenvalue weighted by Gasteiger charge is 2.68. The number of hydrogen-bond donors (Lipinski definition) is 3. The van der Waals surface area contributed by atoms with Crippen molar-refractivity contribution < 1.29 is 29.7 Å². The first-order valence-electron chi connectivity index (χ1n) is 12.5. The number of carboxylic acid groups (broad SMARTS) is 1. The van der Waals surface area contributed by atoms with Crippen molar-refractivity contribution in [3.63, 3.8) is 0 Å². The molecule has 6 heteroatoms. The minimum Gasteiger partial charge on any atom is -0.481 e. The van der Waals surface area contributed by atoms with Crippen molar-refractivity contribution in [1.29, 1.82) is 0 Å². The number of fused-ring (bicyclic) bond motifs is 5. The Hall–Kier alpha value is -1.27. The Morgan fingerprint density at radius 1 is 1.06 bits per heavy atom. The van der Waals surface area contributed by atoms with E-state index in [4.69, 9.17) is 5.11 Å². The third kappa shape index (κ3) is 3.23. The van der Waals surface area contributed by atoms with Gasteiger partial charge >= 0.3 is 5.97 Å². The minimum absolute atomic E-state index is 0.0428. The van der Waals surface area contributed by atoms with Crippen molar-refractivity contribution in [1.82, 2.24) is 0 Å². The average Bonchev–Trinajstić information content (AvgIpc) is 3.10. The first-order valence-corrected chi connectivity index (χ1v) is 12.5. The van der Waals surface area contributed by atoms with Gasteiger partial charge in [-0.05, 0) is 97.7 Å². The summed E-state index contributed by atoms with van der Waals surface area (Å²) in [4.78, 5) is 35.9. The number of rotatable bonds is 6. The predicted octanol–water partition coefficient (Wildman–Crippen LogP) is 3.47. The van der Waals surface area contributed by atoms with Crippen LogP contribution in [0.1, 0.15) is 78.6 Å². The van der Waals surface area contributed by atoms with Crippen LogP contribution in [0.25, 0.3) is 0 Å². The maximum absolute atomic E-state index is 12.4. The largest absolute Gasteiger partial charge is 0.481 e. The number of carbonyl (C=O) groups is 3. The van der Waals surface area contributed by atoms with Crippen molar-refractivity contribution in [2.75, 3.05) is 0 Å². The number of aliphatic hydroxyl groups excluding tert-OH is 2. The molecule has 0 aromatic rings. The van der Waals surface area contributed by atoms with E-state index in [0.717, 1.165) is 38.3 Å². The van der Waals surface area contributed by atoms with Crippen LogP contribution in [0.3, 0.4) is 0 Å². The molecule has 0 aliphatic heterocycles. The highest BCUT2D eigenvalue weighted by Crippen LogP contribution is 2.71.